The minimum absolute atomic E-state index is 0.0365. The molecule has 0 aliphatic heterocycles. The normalized spacial score (nSPS) is 13.9. The predicted octanol–water partition coefficient (Wildman–Crippen LogP) is 3.21. The van der Waals surface area contributed by atoms with Crippen LogP contribution in [0.1, 0.15) is 145 Å². The number of hydrogen-bond acceptors (Lipinski definition) is 21. The van der Waals surface area contributed by atoms with E-state index in [1.54, 1.807) is 91.1 Å². The molecule has 16 N–H and O–H groups in total. The predicted molar refractivity (Wildman–Crippen MR) is 443 cm³/mol. The molecule has 0 saturated heterocycles. The average Bonchev–Trinajstić information content (AvgIpc) is 1.76. The van der Waals surface area contributed by atoms with Crippen LogP contribution in [0, 0.1) is 38.0 Å². The number of anilines is 1. The van der Waals surface area contributed by atoms with Gasteiger partial charge in [0.1, 0.15) is 65.7 Å². The van der Waals surface area contributed by atoms with Gasteiger partial charge in [0.05, 0.1) is 47.1 Å². The van der Waals surface area contributed by atoms with Gasteiger partial charge < -0.3 is 89.3 Å². The lowest BCUT2D eigenvalue weighted by Crippen LogP contribution is -2.61. The average molecular weight is 1700 g/mol. The van der Waals surface area contributed by atoms with Gasteiger partial charge in [-0.3, -0.25) is 82.3 Å². The minimum Gasteiger partial charge on any atom is -0.444 e. The van der Waals surface area contributed by atoms with E-state index in [-0.39, 0.29) is 48.9 Å². The van der Waals surface area contributed by atoms with E-state index in [4.69, 9.17) is 33.7 Å². The van der Waals surface area contributed by atoms with Crippen LogP contribution in [0.5, 0.6) is 0 Å². The lowest BCUT2D eigenvalue weighted by Gasteiger charge is -2.27. The van der Waals surface area contributed by atoms with Crippen LogP contribution in [0.3, 0.4) is 0 Å². The molecule has 5 rings (SSSR count). The number of nitrogens with one attached hydrogen (secondary N) is 13. The van der Waals surface area contributed by atoms with E-state index in [0.717, 1.165) is 50.0 Å². The molecule has 0 aliphatic rings. The smallest absolute Gasteiger partial charge is 0.408 e. The maximum absolute atomic E-state index is 14.6. The lowest BCUT2D eigenvalue weighted by atomic mass is 10.0. The second kappa shape index (κ2) is 47.8. The Hall–Kier alpha value is -11.5. The first-order chi connectivity index (χ1) is 56.1. The molecule has 5 aromatic rings. The van der Waals surface area contributed by atoms with E-state index >= 15 is 0 Å². The third-order valence-electron chi connectivity index (χ3n) is 18.5. The van der Waals surface area contributed by atoms with Gasteiger partial charge in [-0.15, -0.1) is 23.2 Å². The Morgan fingerprint density at radius 2 is 1.18 bits per heavy atom. The summed E-state index contributed by atoms with van der Waals surface area (Å²) >= 11 is 12.2. The number of alkyl carbamates (subject to hydrolysis) is 1. The lowest BCUT2D eigenvalue weighted by molar-refractivity contribution is -0.394. The number of aliphatic hydroxyl groups excluding tert-OH is 1. The van der Waals surface area contributed by atoms with E-state index in [1.165, 1.54) is 17.7 Å². The van der Waals surface area contributed by atoms with E-state index in [1.807, 2.05) is 37.8 Å². The first-order valence-electron chi connectivity index (χ1n) is 39.3. The number of nitrogens with zero attached hydrogens (tertiary/aromatic N) is 5. The molecular formula is C79H113Cl2N19O19. The van der Waals surface area contributed by atoms with Gasteiger partial charge in [-0.1, -0.05) is 91.6 Å². The topological polar surface area (TPSA) is 545 Å². The zero-order valence-electron chi connectivity index (χ0n) is 69.0. The molecule has 0 bridgehead atoms. The molecule has 119 heavy (non-hydrogen) atoms. The number of ether oxygens (including phenoxy) is 1. The molecular weight excluding hydrogens is 1590 g/mol. The maximum Gasteiger partial charge on any atom is 0.408 e. The number of imidazole rings is 1. The number of fused-ring (bicyclic) bond motifs is 1. The number of nitro benzene ring substituents is 2. The molecule has 2 aromatic heterocycles. The molecule has 0 saturated carbocycles. The van der Waals surface area contributed by atoms with Crippen molar-refractivity contribution in [3.8, 4) is 5.69 Å². The number of amides is 13. The zero-order valence-corrected chi connectivity index (χ0v) is 70.5. The van der Waals surface area contributed by atoms with E-state index < -0.39 is 203 Å². The number of hydrogen-bond donors (Lipinski definition) is 15. The van der Waals surface area contributed by atoms with Crippen LogP contribution in [0.2, 0.25) is 0 Å². The molecule has 2 heterocycles. The summed E-state index contributed by atoms with van der Waals surface area (Å²) < 4.78 is 6.68. The summed E-state index contributed by atoms with van der Waals surface area (Å²) in [5.41, 5.74) is 5.83. The Labute approximate surface area is 699 Å². The van der Waals surface area contributed by atoms with Gasteiger partial charge in [-0.25, -0.2) is 9.78 Å². The number of nitrogens with two attached hydrogens (primary N) is 1. The molecule has 0 spiro atoms. The highest BCUT2D eigenvalue weighted by atomic mass is 35.5. The van der Waals surface area contributed by atoms with Crippen molar-refractivity contribution in [3.05, 3.63) is 123 Å². The van der Waals surface area contributed by atoms with Gasteiger partial charge in [0, 0.05) is 92.1 Å². The number of aromatic amines is 1. The SMILES string of the molecule is CCCCCNC(=O)[C@H](CC(C)C)NC(=O)[C@H](Cc1cn(-c2ccc([N+](=O)[O-])cc2[N+](=O)[O-])cn1)NC(=O)CNC(=O)[C@@H](NC(=O)[C@H](C)NC(=O)[C@H](Cc1c[nH]c2ccccc12)NC(=O)[C@H](CCC(N)=O)NC(=O)[C@@H](NC(=O)CNC(=O)[C@H](CC(C)C)NC(=O)[C@H](Cc1cccc(N(CCCl)CCCl)c1)NC(=O)OC(C)(C)C)[C@@H](C)O)C(C)C. The van der Waals surface area contributed by atoms with Crippen molar-refractivity contribution < 1.29 is 82.0 Å². The summed E-state index contributed by atoms with van der Waals surface area (Å²) in [5, 5.41) is 66.0. The minimum atomic E-state index is -1.85. The molecule has 0 unspecified atom stereocenters. The fourth-order valence-corrected chi connectivity index (χ4v) is 12.9. The number of primary amides is 1. The van der Waals surface area contributed by atoms with Gasteiger partial charge >= 0.3 is 6.09 Å². The summed E-state index contributed by atoms with van der Waals surface area (Å²) in [4.78, 5) is 212. The van der Waals surface area contributed by atoms with Crippen molar-refractivity contribution >= 4 is 128 Å². The quantitative estimate of drug-likeness (QED) is 0.0115. The molecule has 38 nitrogen and oxygen atoms in total. The van der Waals surface area contributed by atoms with Crippen molar-refractivity contribution in [3.63, 3.8) is 0 Å². The molecule has 10 atom stereocenters. The number of unbranched alkanes of at least 4 members (excludes halogenated alkanes) is 2. The van der Waals surface area contributed by atoms with E-state index in [9.17, 15) is 87.7 Å². The Morgan fingerprint density at radius 3 is 1.76 bits per heavy atom. The van der Waals surface area contributed by atoms with Crippen molar-refractivity contribution in [1.29, 1.82) is 0 Å². The van der Waals surface area contributed by atoms with Gasteiger partial charge in [0.25, 0.3) is 11.4 Å². The summed E-state index contributed by atoms with van der Waals surface area (Å²) in [6, 6.07) is 3.81. The highest BCUT2D eigenvalue weighted by molar-refractivity contribution is 6.18. The second-order valence-electron chi connectivity index (χ2n) is 31.0. The number of aromatic nitrogens is 3. The molecule has 0 radical (unpaired) electrons. The first-order valence-corrected chi connectivity index (χ1v) is 40.4. The summed E-state index contributed by atoms with van der Waals surface area (Å²) in [6.07, 6.45) is 2.25. The first kappa shape index (κ1) is 98.0. The molecule has 652 valence electrons. The van der Waals surface area contributed by atoms with E-state index in [0.29, 0.717) is 59.8 Å². The third kappa shape index (κ3) is 32.7. The standard InChI is InChI=1S/C79H113Cl2N19O19/c1-13-14-17-29-83-70(106)57(32-44(2)3)91-75(111)61(37-51-42-98(43-87-51)62-25-23-53(99(115)116)38-63(62)100(117)118)89-65(103)40-86-76(112)67(46(6)7)96-69(105)47(8)88-73(109)60(36-50-39-84-55-22-16-15-21-54(50)55)93-72(108)56(24-26-64(82)102)90-77(113)68(48(9)101)95-66(104)41-85-71(107)58(33-45(4)5)92-74(110)59(94-78(114)119-79(10,11)12)35-49-19-18-20-52(34-49)97(30-27-80)31-28-81/h15-16,18-23,25,34,38-39,42-48,56-61,67-68,84,101H,13-14,17,24,26-33,35-37,40-41H2,1-12H3,(H2,82,102)(H,83,106)(H,85,107)(H,86,112)(H,88,109)(H,89,103)(H,90,113)(H,91,111)(H,92,110)(H,93,108)(H,94,114)(H,95,104)(H,96,105)/t47-,48+,56-,57-,58-,59-,60-,61-,67-,68-/m0/s1. The van der Waals surface area contributed by atoms with Crippen LogP contribution in [0.25, 0.3) is 16.6 Å². The Balaban J connectivity index is 1.31. The number of benzene rings is 3. The molecule has 0 fully saturated rings. The third-order valence-corrected chi connectivity index (χ3v) is 18.8. The van der Waals surface area contributed by atoms with E-state index in [2.05, 4.69) is 73.8 Å². The Morgan fingerprint density at radius 1 is 0.605 bits per heavy atom. The number of halogens is 2. The number of nitro groups is 2. The van der Waals surface area contributed by atoms with Gasteiger partial charge in [-0.05, 0) is 113 Å². The fraction of sp³-hybridized carbons (Fsp3) is 0.544. The van der Waals surface area contributed by atoms with Crippen LogP contribution >= 0.6 is 23.2 Å². The number of non-ortho nitro benzene ring substituents is 1. The van der Waals surface area contributed by atoms with Crippen molar-refractivity contribution in [2.45, 2.75) is 213 Å². The fourth-order valence-electron chi connectivity index (χ4n) is 12.5. The maximum atomic E-state index is 14.6. The number of carbonyl (C=O) groups is 13. The van der Waals surface area contributed by atoms with Crippen LogP contribution in [-0.4, -0.2) is 217 Å². The van der Waals surface area contributed by atoms with Gasteiger partial charge in [0.15, 0.2) is 0 Å². The molecule has 0 aliphatic carbocycles. The number of para-hydroxylation sites is 1. The number of H-pyrrole nitrogens is 1. The van der Waals surface area contributed by atoms with Crippen LogP contribution in [0.4, 0.5) is 21.9 Å². The largest absolute Gasteiger partial charge is 0.444 e. The highest BCUT2D eigenvalue weighted by Crippen LogP contribution is 2.29. The highest BCUT2D eigenvalue weighted by Gasteiger charge is 2.37. The van der Waals surface area contributed by atoms with Gasteiger partial charge in [-0.2, -0.15) is 0 Å². The summed E-state index contributed by atoms with van der Waals surface area (Å²) in [5.74, 6) is -11.4. The molecule has 13 amide bonds. The van der Waals surface area contributed by atoms with Gasteiger partial charge in [0.2, 0.25) is 70.9 Å². The number of rotatable bonds is 49. The number of alkyl halides is 2. The summed E-state index contributed by atoms with van der Waals surface area (Å²) in [7, 11) is 0. The van der Waals surface area contributed by atoms with Crippen molar-refractivity contribution in [2.24, 2.45) is 23.5 Å². The van der Waals surface area contributed by atoms with Crippen LogP contribution in [-0.2, 0) is 81.5 Å². The Kier molecular flexibility index (Phi) is 39.3. The van der Waals surface area contributed by atoms with Crippen LogP contribution in [0.15, 0.2) is 85.5 Å². The van der Waals surface area contributed by atoms with Crippen molar-refractivity contribution in [2.75, 3.05) is 49.4 Å². The molecule has 40 heteroatoms. The Bertz CT molecular complexity index is 4350. The second-order valence-corrected chi connectivity index (χ2v) is 31.7. The number of aliphatic hydroxyl groups is 1. The van der Waals surface area contributed by atoms with Crippen molar-refractivity contribution in [1.82, 2.24) is 78.3 Å². The monoisotopic (exact) mass is 1700 g/mol. The zero-order chi connectivity index (χ0) is 88.5. The molecule has 3 aromatic carbocycles. The summed E-state index contributed by atoms with van der Waals surface area (Å²) in [6.45, 7) is 19.3. The van der Waals surface area contributed by atoms with Crippen LogP contribution < -0.4 is 74.4 Å². The number of carbonyl (C=O) groups excluding carboxylic acids is 13.